The van der Waals surface area contributed by atoms with Gasteiger partial charge in [-0.1, -0.05) is 6.92 Å². The third-order valence-corrected chi connectivity index (χ3v) is 5.37. The zero-order chi connectivity index (χ0) is 16.7. The van der Waals surface area contributed by atoms with E-state index in [1.54, 1.807) is 18.4 Å². The molecule has 8 heteroatoms. The molecule has 6 nitrogen and oxygen atoms in total. The van der Waals surface area contributed by atoms with E-state index in [4.69, 9.17) is 0 Å². The van der Waals surface area contributed by atoms with Gasteiger partial charge in [0.25, 0.3) is 0 Å². The third-order valence-electron chi connectivity index (χ3n) is 4.23. The van der Waals surface area contributed by atoms with E-state index in [-0.39, 0.29) is 29.9 Å². The van der Waals surface area contributed by atoms with E-state index in [1.165, 1.54) is 4.88 Å². The first-order chi connectivity index (χ1) is 11.2. The van der Waals surface area contributed by atoms with Crippen molar-refractivity contribution in [3.05, 3.63) is 16.1 Å². The van der Waals surface area contributed by atoms with Gasteiger partial charge in [0.1, 0.15) is 5.01 Å². The molecule has 24 heavy (non-hydrogen) atoms. The van der Waals surface area contributed by atoms with Crippen LogP contribution >= 0.6 is 35.3 Å². The molecular weight excluding hydrogens is 437 g/mol. The largest absolute Gasteiger partial charge is 0.359 e. The summed E-state index contributed by atoms with van der Waals surface area (Å²) < 4.78 is 0. The van der Waals surface area contributed by atoms with Crippen LogP contribution in [0.1, 0.15) is 36.1 Å². The van der Waals surface area contributed by atoms with Gasteiger partial charge in [0, 0.05) is 44.7 Å². The quantitative estimate of drug-likeness (QED) is 0.398. The van der Waals surface area contributed by atoms with Crippen molar-refractivity contribution in [3.63, 3.8) is 0 Å². The minimum Gasteiger partial charge on any atom is -0.359 e. The normalized spacial score (nSPS) is 15.8. The minimum absolute atomic E-state index is 0. The van der Waals surface area contributed by atoms with Crippen LogP contribution in [0, 0.1) is 5.92 Å². The van der Waals surface area contributed by atoms with E-state index in [0.29, 0.717) is 12.3 Å². The fourth-order valence-corrected chi connectivity index (χ4v) is 3.60. The Hall–Kier alpha value is -0.900. The van der Waals surface area contributed by atoms with Gasteiger partial charge in [-0.3, -0.25) is 9.79 Å². The van der Waals surface area contributed by atoms with Crippen molar-refractivity contribution in [2.24, 2.45) is 10.9 Å². The number of rotatable bonds is 5. The number of nitrogens with one attached hydrogen (secondary N) is 2. The number of carbonyl (C=O) groups excluding carboxylic acids is 1. The molecule has 1 fully saturated rings. The molecule has 1 aliphatic rings. The van der Waals surface area contributed by atoms with Crippen LogP contribution in [0.2, 0.25) is 0 Å². The number of likely N-dealkylation sites (tertiary alicyclic amines) is 1. The molecule has 0 bridgehead atoms. The van der Waals surface area contributed by atoms with E-state index in [2.05, 4.69) is 32.4 Å². The van der Waals surface area contributed by atoms with Crippen molar-refractivity contribution >= 4 is 47.2 Å². The number of aliphatic imine (C=N–C) groups is 1. The lowest BCUT2D eigenvalue weighted by Gasteiger charge is -2.33. The maximum atomic E-state index is 11.5. The standard InChI is InChI=1S/C16H27N5OS.HI/c1-4-13-10-19-15(23-13)11-20-16(18-3)21-7-5-12(6-8-21)9-14(22)17-2;/h10,12H,4-9,11H2,1-3H3,(H,17,22)(H,18,20);1H. The SMILES string of the molecule is CCc1cnc(CNC(=NC)N2CCC(CC(=O)NC)CC2)s1.I. The number of hydrogen-bond donors (Lipinski definition) is 2. The lowest BCUT2D eigenvalue weighted by molar-refractivity contribution is -0.121. The van der Waals surface area contributed by atoms with E-state index in [9.17, 15) is 4.79 Å². The van der Waals surface area contributed by atoms with Crippen molar-refractivity contribution in [2.75, 3.05) is 27.2 Å². The third kappa shape index (κ3) is 6.19. The fraction of sp³-hybridized carbons (Fsp3) is 0.688. The van der Waals surface area contributed by atoms with Crippen LogP contribution in [0.4, 0.5) is 0 Å². The molecule has 1 amide bonds. The number of thiazole rings is 1. The van der Waals surface area contributed by atoms with Crippen LogP contribution in [0.25, 0.3) is 0 Å². The van der Waals surface area contributed by atoms with Gasteiger partial charge in [0.05, 0.1) is 6.54 Å². The van der Waals surface area contributed by atoms with Gasteiger partial charge in [-0.25, -0.2) is 4.98 Å². The van der Waals surface area contributed by atoms with Gasteiger partial charge in [0.15, 0.2) is 5.96 Å². The zero-order valence-electron chi connectivity index (χ0n) is 14.7. The smallest absolute Gasteiger partial charge is 0.220 e. The van der Waals surface area contributed by atoms with Crippen molar-refractivity contribution < 1.29 is 4.79 Å². The second-order valence-electron chi connectivity index (χ2n) is 5.78. The number of piperidine rings is 1. The first kappa shape index (κ1) is 21.1. The maximum absolute atomic E-state index is 11.5. The average Bonchev–Trinajstić information content (AvgIpc) is 3.04. The van der Waals surface area contributed by atoms with Crippen molar-refractivity contribution in [3.8, 4) is 0 Å². The predicted octanol–water partition coefficient (Wildman–Crippen LogP) is 2.25. The molecule has 1 aliphatic heterocycles. The lowest BCUT2D eigenvalue weighted by Crippen LogP contribution is -2.45. The Labute approximate surface area is 165 Å². The van der Waals surface area contributed by atoms with E-state index >= 15 is 0 Å². The Morgan fingerprint density at radius 3 is 2.71 bits per heavy atom. The van der Waals surface area contributed by atoms with Crippen LogP contribution in [0.15, 0.2) is 11.2 Å². The molecule has 0 aromatic carbocycles. The van der Waals surface area contributed by atoms with Crippen LogP contribution in [0.3, 0.4) is 0 Å². The second kappa shape index (κ2) is 10.9. The van der Waals surface area contributed by atoms with Crippen LogP contribution in [0.5, 0.6) is 0 Å². The molecule has 1 aromatic rings. The van der Waals surface area contributed by atoms with Crippen LogP contribution in [-0.2, 0) is 17.8 Å². The summed E-state index contributed by atoms with van der Waals surface area (Å²) in [4.78, 5) is 23.9. The number of hydrogen-bond acceptors (Lipinski definition) is 4. The molecule has 0 saturated carbocycles. The Bertz CT molecular complexity index is 540. The highest BCUT2D eigenvalue weighted by atomic mass is 127. The van der Waals surface area contributed by atoms with E-state index in [0.717, 1.165) is 49.9 Å². The lowest BCUT2D eigenvalue weighted by atomic mass is 9.93. The van der Waals surface area contributed by atoms with Crippen molar-refractivity contribution in [2.45, 2.75) is 39.2 Å². The molecule has 0 aliphatic carbocycles. The topological polar surface area (TPSA) is 69.6 Å². The van der Waals surface area contributed by atoms with Gasteiger partial charge >= 0.3 is 0 Å². The highest BCUT2D eigenvalue weighted by Crippen LogP contribution is 2.20. The number of nitrogens with zero attached hydrogens (tertiary/aromatic N) is 3. The zero-order valence-corrected chi connectivity index (χ0v) is 17.8. The summed E-state index contributed by atoms with van der Waals surface area (Å²) in [5.74, 6) is 1.55. The Morgan fingerprint density at radius 1 is 1.46 bits per heavy atom. The summed E-state index contributed by atoms with van der Waals surface area (Å²) in [7, 11) is 3.52. The number of guanidine groups is 1. The van der Waals surface area contributed by atoms with Gasteiger partial charge < -0.3 is 15.5 Å². The Morgan fingerprint density at radius 2 is 2.17 bits per heavy atom. The Kier molecular flexibility index (Phi) is 9.57. The summed E-state index contributed by atoms with van der Waals surface area (Å²) in [5.41, 5.74) is 0. The summed E-state index contributed by atoms with van der Waals surface area (Å²) in [6.45, 7) is 4.75. The molecule has 2 heterocycles. The fourth-order valence-electron chi connectivity index (χ4n) is 2.79. The number of aromatic nitrogens is 1. The highest BCUT2D eigenvalue weighted by molar-refractivity contribution is 14.0. The minimum atomic E-state index is 0. The molecule has 1 aromatic heterocycles. The average molecular weight is 465 g/mol. The van der Waals surface area contributed by atoms with Crippen LogP contribution < -0.4 is 10.6 Å². The predicted molar refractivity (Wildman–Crippen MR) is 110 cm³/mol. The van der Waals surface area contributed by atoms with Gasteiger partial charge in [0.2, 0.25) is 5.91 Å². The van der Waals surface area contributed by atoms with Crippen molar-refractivity contribution in [1.29, 1.82) is 0 Å². The molecule has 2 rings (SSSR count). The van der Waals surface area contributed by atoms with Gasteiger partial charge in [-0.15, -0.1) is 35.3 Å². The molecule has 0 unspecified atom stereocenters. The molecular formula is C16H28IN5OS. The summed E-state index contributed by atoms with van der Waals surface area (Å²) in [6.07, 6.45) is 5.69. The summed E-state index contributed by atoms with van der Waals surface area (Å²) >= 11 is 1.75. The number of halogens is 1. The number of aryl methyl sites for hydroxylation is 1. The van der Waals surface area contributed by atoms with E-state index in [1.807, 2.05) is 13.2 Å². The molecule has 0 atom stereocenters. The summed E-state index contributed by atoms with van der Waals surface area (Å²) in [5, 5.41) is 7.21. The first-order valence-corrected chi connectivity index (χ1v) is 9.07. The summed E-state index contributed by atoms with van der Waals surface area (Å²) in [6, 6.07) is 0. The maximum Gasteiger partial charge on any atom is 0.220 e. The number of amides is 1. The first-order valence-electron chi connectivity index (χ1n) is 8.26. The molecule has 0 radical (unpaired) electrons. The van der Waals surface area contributed by atoms with E-state index < -0.39 is 0 Å². The highest BCUT2D eigenvalue weighted by Gasteiger charge is 2.23. The molecule has 0 spiro atoms. The second-order valence-corrected chi connectivity index (χ2v) is 6.98. The Balaban J connectivity index is 0.00000288. The molecule has 2 N–H and O–H groups in total. The van der Waals surface area contributed by atoms with Gasteiger partial charge in [-0.2, -0.15) is 0 Å². The molecule has 1 saturated heterocycles. The number of carbonyl (C=O) groups is 1. The van der Waals surface area contributed by atoms with Gasteiger partial charge in [-0.05, 0) is 25.2 Å². The van der Waals surface area contributed by atoms with Crippen molar-refractivity contribution in [1.82, 2.24) is 20.5 Å². The molecule has 136 valence electrons. The monoisotopic (exact) mass is 465 g/mol. The van der Waals surface area contributed by atoms with Crippen LogP contribution in [-0.4, -0.2) is 48.9 Å².